The van der Waals surface area contributed by atoms with Gasteiger partial charge in [0.1, 0.15) is 0 Å². The molecule has 0 aliphatic rings. The monoisotopic (exact) mass is 282 g/mol. The van der Waals surface area contributed by atoms with Crippen molar-refractivity contribution in [3.63, 3.8) is 0 Å². The predicted octanol–water partition coefficient (Wildman–Crippen LogP) is 2.55. The fourth-order valence-electron chi connectivity index (χ4n) is 1.62. The van der Waals surface area contributed by atoms with Crippen LogP contribution in [0.2, 0.25) is 0 Å². The summed E-state index contributed by atoms with van der Waals surface area (Å²) in [4.78, 5) is 11.1. The average Bonchev–Trinajstić information content (AvgIpc) is 2.42. The first-order valence-electron chi connectivity index (χ1n) is 6.80. The number of aromatic nitrogens is 2. The normalized spacial score (nSPS) is 12.7. The van der Waals surface area contributed by atoms with E-state index < -0.39 is 0 Å². The summed E-state index contributed by atoms with van der Waals surface area (Å²) >= 11 is 1.88. The van der Waals surface area contributed by atoms with Gasteiger partial charge < -0.3 is 10.2 Å². The van der Waals surface area contributed by atoms with E-state index in [4.69, 9.17) is 0 Å². The molecule has 1 aromatic rings. The van der Waals surface area contributed by atoms with Crippen molar-refractivity contribution in [1.29, 1.82) is 0 Å². The average molecular weight is 282 g/mol. The molecule has 5 heteroatoms. The molecule has 19 heavy (non-hydrogen) atoms. The molecule has 0 saturated heterocycles. The van der Waals surface area contributed by atoms with E-state index in [-0.39, 0.29) is 0 Å². The highest BCUT2D eigenvalue weighted by Crippen LogP contribution is 2.12. The third-order valence-corrected chi connectivity index (χ3v) is 3.77. The Bertz CT molecular complexity index is 353. The summed E-state index contributed by atoms with van der Waals surface area (Å²) in [6.07, 6.45) is 7.11. The van der Waals surface area contributed by atoms with Crippen LogP contribution in [-0.4, -0.2) is 41.1 Å². The van der Waals surface area contributed by atoms with Crippen molar-refractivity contribution in [2.45, 2.75) is 45.8 Å². The summed E-state index contributed by atoms with van der Waals surface area (Å²) in [6, 6.07) is 0.945. The summed E-state index contributed by atoms with van der Waals surface area (Å²) < 4.78 is 0. The molecule has 1 atom stereocenters. The van der Waals surface area contributed by atoms with Crippen LogP contribution in [0.5, 0.6) is 0 Å². The fraction of sp³-hybridized carbons (Fsp3) is 0.714. The molecule has 1 aromatic heterocycles. The van der Waals surface area contributed by atoms with E-state index in [1.165, 1.54) is 5.75 Å². The molecule has 0 bridgehead atoms. The molecular formula is C14H26N4S. The predicted molar refractivity (Wildman–Crippen MR) is 84.9 cm³/mol. The maximum atomic E-state index is 4.45. The van der Waals surface area contributed by atoms with Crippen LogP contribution in [0.3, 0.4) is 0 Å². The molecule has 1 N–H and O–H groups in total. The molecule has 0 saturated carbocycles. The lowest BCUT2D eigenvalue weighted by Gasteiger charge is -2.24. The molecule has 0 aromatic carbocycles. The first kappa shape index (κ1) is 16.2. The molecule has 0 amide bonds. The van der Waals surface area contributed by atoms with Crippen molar-refractivity contribution in [3.8, 4) is 0 Å². The maximum Gasteiger partial charge on any atom is 0.225 e. The summed E-state index contributed by atoms with van der Waals surface area (Å²) in [6.45, 7) is 7.31. The molecular weight excluding hydrogens is 256 g/mol. The van der Waals surface area contributed by atoms with Crippen molar-refractivity contribution in [1.82, 2.24) is 15.3 Å². The Morgan fingerprint density at radius 2 is 1.89 bits per heavy atom. The van der Waals surface area contributed by atoms with Gasteiger partial charge >= 0.3 is 0 Å². The first-order valence-corrected chi connectivity index (χ1v) is 8.20. The van der Waals surface area contributed by atoms with E-state index in [1.807, 2.05) is 24.2 Å². The lowest BCUT2D eigenvalue weighted by atomic mass is 10.2. The van der Waals surface area contributed by atoms with E-state index in [2.05, 4.69) is 54.3 Å². The van der Waals surface area contributed by atoms with Gasteiger partial charge in [-0.25, -0.2) is 9.97 Å². The number of thioether (sulfide) groups is 1. The lowest BCUT2D eigenvalue weighted by Crippen LogP contribution is -2.31. The zero-order chi connectivity index (χ0) is 14.3. The smallest absolute Gasteiger partial charge is 0.225 e. The van der Waals surface area contributed by atoms with Gasteiger partial charge in [0.25, 0.3) is 0 Å². The summed E-state index contributed by atoms with van der Waals surface area (Å²) in [7, 11) is 2.06. The third-order valence-electron chi connectivity index (χ3n) is 3.12. The number of hydrogen-bond acceptors (Lipinski definition) is 5. The Labute approximate surface area is 121 Å². The van der Waals surface area contributed by atoms with Crippen molar-refractivity contribution < 1.29 is 0 Å². The molecule has 4 nitrogen and oxygen atoms in total. The fourth-order valence-corrected chi connectivity index (χ4v) is 2.20. The third kappa shape index (κ3) is 5.78. The highest BCUT2D eigenvalue weighted by Gasteiger charge is 2.11. The van der Waals surface area contributed by atoms with E-state index >= 15 is 0 Å². The largest absolute Gasteiger partial charge is 0.341 e. The second-order valence-corrected chi connectivity index (χ2v) is 6.15. The molecule has 0 radical (unpaired) electrons. The molecule has 1 rings (SSSR count). The van der Waals surface area contributed by atoms with Gasteiger partial charge in [-0.05, 0) is 25.4 Å². The van der Waals surface area contributed by atoms with Crippen molar-refractivity contribution in [3.05, 3.63) is 18.0 Å². The SMILES string of the molecule is CSCCC(C)N(C)c1ncc(CNC(C)C)cn1. The number of hydrogen-bond donors (Lipinski definition) is 1. The van der Waals surface area contributed by atoms with Crippen LogP contribution in [0.25, 0.3) is 0 Å². The minimum Gasteiger partial charge on any atom is -0.341 e. The van der Waals surface area contributed by atoms with Gasteiger partial charge in [0.2, 0.25) is 5.95 Å². The molecule has 0 aliphatic carbocycles. The number of rotatable bonds is 8. The van der Waals surface area contributed by atoms with Crippen molar-refractivity contribution in [2.75, 3.05) is 24.0 Å². The molecule has 0 spiro atoms. The van der Waals surface area contributed by atoms with Crippen molar-refractivity contribution >= 4 is 17.7 Å². The minimum absolute atomic E-state index is 0.465. The topological polar surface area (TPSA) is 41.1 Å². The zero-order valence-electron chi connectivity index (χ0n) is 12.7. The molecule has 0 aliphatic heterocycles. The quantitative estimate of drug-likeness (QED) is 0.793. The molecule has 108 valence electrons. The Kier molecular flexibility index (Phi) is 7.16. The van der Waals surface area contributed by atoms with Crippen LogP contribution in [0, 0.1) is 0 Å². The summed E-state index contributed by atoms with van der Waals surface area (Å²) in [5.41, 5.74) is 1.13. The van der Waals surface area contributed by atoms with Crippen LogP contribution >= 0.6 is 11.8 Å². The Morgan fingerprint density at radius 3 is 2.42 bits per heavy atom. The lowest BCUT2D eigenvalue weighted by molar-refractivity contribution is 0.586. The summed E-state index contributed by atoms with van der Waals surface area (Å²) in [5, 5.41) is 3.36. The van der Waals surface area contributed by atoms with E-state index in [9.17, 15) is 0 Å². The first-order chi connectivity index (χ1) is 9.04. The summed E-state index contributed by atoms with van der Waals surface area (Å²) in [5.74, 6) is 1.98. The Hall–Kier alpha value is -0.810. The van der Waals surface area contributed by atoms with Gasteiger partial charge in [0, 0.05) is 43.6 Å². The van der Waals surface area contributed by atoms with Crippen LogP contribution in [-0.2, 0) is 6.54 Å². The van der Waals surface area contributed by atoms with Crippen LogP contribution in [0.4, 0.5) is 5.95 Å². The van der Waals surface area contributed by atoms with Crippen LogP contribution in [0.15, 0.2) is 12.4 Å². The van der Waals surface area contributed by atoms with Gasteiger partial charge in [-0.15, -0.1) is 0 Å². The Balaban J connectivity index is 2.54. The second-order valence-electron chi connectivity index (χ2n) is 5.17. The molecule has 1 heterocycles. The second kappa shape index (κ2) is 8.38. The van der Waals surface area contributed by atoms with Gasteiger partial charge in [-0.1, -0.05) is 13.8 Å². The van der Waals surface area contributed by atoms with Gasteiger partial charge in [0.05, 0.1) is 0 Å². The van der Waals surface area contributed by atoms with Gasteiger partial charge in [-0.3, -0.25) is 0 Å². The van der Waals surface area contributed by atoms with E-state index in [1.54, 1.807) is 0 Å². The van der Waals surface area contributed by atoms with Crippen LogP contribution < -0.4 is 10.2 Å². The van der Waals surface area contributed by atoms with Gasteiger partial charge in [-0.2, -0.15) is 11.8 Å². The number of nitrogens with zero attached hydrogens (tertiary/aromatic N) is 3. The minimum atomic E-state index is 0.465. The molecule has 1 unspecified atom stereocenters. The van der Waals surface area contributed by atoms with Crippen LogP contribution in [0.1, 0.15) is 32.8 Å². The number of nitrogens with one attached hydrogen (secondary N) is 1. The van der Waals surface area contributed by atoms with E-state index in [0.717, 1.165) is 24.5 Å². The standard InChI is InChI=1S/C14H26N4S/c1-11(2)15-8-13-9-16-14(17-10-13)18(4)12(3)6-7-19-5/h9-12,15H,6-8H2,1-5H3. The van der Waals surface area contributed by atoms with Crippen molar-refractivity contribution in [2.24, 2.45) is 0 Å². The van der Waals surface area contributed by atoms with E-state index in [0.29, 0.717) is 12.1 Å². The maximum absolute atomic E-state index is 4.45. The Morgan fingerprint density at radius 1 is 1.26 bits per heavy atom. The highest BCUT2D eigenvalue weighted by molar-refractivity contribution is 7.98. The van der Waals surface area contributed by atoms with Gasteiger partial charge in [0.15, 0.2) is 0 Å². The zero-order valence-corrected chi connectivity index (χ0v) is 13.5. The number of anilines is 1. The highest BCUT2D eigenvalue weighted by atomic mass is 32.2. The molecule has 0 fully saturated rings.